The first-order valence-corrected chi connectivity index (χ1v) is 9.79. The standard InChI is InChI=1S/C21H33N5O/c1-14(2)18-10-8-9-11-19(18)26-17(7)23-20(24-26)21(27)22-12-13-25(15(3)4)16(5)6/h8-11,14-16H,12-13H2,1-7H3,(H,22,27). The van der Waals surface area contributed by atoms with E-state index in [1.165, 1.54) is 5.56 Å². The van der Waals surface area contributed by atoms with Crippen LogP contribution in [0.25, 0.3) is 5.69 Å². The molecule has 0 bridgehead atoms. The second kappa shape index (κ2) is 9.13. The summed E-state index contributed by atoms with van der Waals surface area (Å²) in [4.78, 5) is 19.2. The van der Waals surface area contributed by atoms with Crippen LogP contribution in [0.15, 0.2) is 24.3 Å². The minimum absolute atomic E-state index is 0.215. The largest absolute Gasteiger partial charge is 0.348 e. The zero-order valence-corrected chi connectivity index (χ0v) is 17.7. The molecule has 1 aromatic heterocycles. The number of nitrogens with zero attached hydrogens (tertiary/aromatic N) is 4. The van der Waals surface area contributed by atoms with Crippen LogP contribution in [0.4, 0.5) is 0 Å². The van der Waals surface area contributed by atoms with Gasteiger partial charge in [0.25, 0.3) is 5.91 Å². The zero-order chi connectivity index (χ0) is 20.1. The quantitative estimate of drug-likeness (QED) is 0.771. The number of hydrogen-bond acceptors (Lipinski definition) is 4. The maximum Gasteiger partial charge on any atom is 0.291 e. The van der Waals surface area contributed by atoms with E-state index >= 15 is 0 Å². The summed E-state index contributed by atoms with van der Waals surface area (Å²) in [7, 11) is 0. The molecule has 0 radical (unpaired) electrons. The van der Waals surface area contributed by atoms with Gasteiger partial charge in [-0.15, -0.1) is 5.10 Å². The fourth-order valence-corrected chi connectivity index (χ4v) is 3.37. The number of rotatable bonds is 8. The lowest BCUT2D eigenvalue weighted by atomic mass is 10.0. The molecule has 148 valence electrons. The van der Waals surface area contributed by atoms with Crippen LogP contribution < -0.4 is 5.32 Å². The first kappa shape index (κ1) is 21.1. The number of carbonyl (C=O) groups is 1. The number of amides is 1. The molecule has 0 aliphatic rings. The van der Waals surface area contributed by atoms with Crippen molar-refractivity contribution >= 4 is 5.91 Å². The molecule has 6 nitrogen and oxygen atoms in total. The van der Waals surface area contributed by atoms with Gasteiger partial charge in [-0.2, -0.15) is 0 Å². The predicted octanol–water partition coefficient (Wildman–Crippen LogP) is 3.55. The van der Waals surface area contributed by atoms with Crippen molar-refractivity contribution in [2.45, 2.75) is 66.5 Å². The molecule has 1 N–H and O–H groups in total. The van der Waals surface area contributed by atoms with Gasteiger partial charge in [0.05, 0.1) is 5.69 Å². The Morgan fingerprint density at radius 3 is 2.33 bits per heavy atom. The van der Waals surface area contributed by atoms with Crippen molar-refractivity contribution in [2.24, 2.45) is 0 Å². The van der Waals surface area contributed by atoms with Gasteiger partial charge in [-0.05, 0) is 52.2 Å². The number of nitrogens with one attached hydrogen (secondary N) is 1. The van der Waals surface area contributed by atoms with Gasteiger partial charge in [-0.1, -0.05) is 32.0 Å². The number of aromatic nitrogens is 3. The first-order valence-electron chi connectivity index (χ1n) is 9.79. The smallest absolute Gasteiger partial charge is 0.291 e. The average Bonchev–Trinajstić information content (AvgIpc) is 2.99. The Morgan fingerprint density at radius 1 is 1.11 bits per heavy atom. The topological polar surface area (TPSA) is 63.1 Å². The Bertz CT molecular complexity index is 756. The number of benzene rings is 1. The molecule has 0 aliphatic carbocycles. The van der Waals surface area contributed by atoms with Crippen molar-refractivity contribution in [1.82, 2.24) is 25.0 Å². The molecule has 0 unspecified atom stereocenters. The van der Waals surface area contributed by atoms with Crippen LogP contribution in [-0.2, 0) is 0 Å². The van der Waals surface area contributed by atoms with E-state index in [0.717, 1.165) is 12.2 Å². The van der Waals surface area contributed by atoms with Gasteiger partial charge in [0, 0.05) is 25.2 Å². The summed E-state index contributed by atoms with van der Waals surface area (Å²) >= 11 is 0. The van der Waals surface area contributed by atoms with Gasteiger partial charge < -0.3 is 5.32 Å². The zero-order valence-electron chi connectivity index (χ0n) is 17.7. The number of aryl methyl sites for hydroxylation is 1. The second-order valence-electron chi connectivity index (χ2n) is 7.79. The molecule has 1 heterocycles. The highest BCUT2D eigenvalue weighted by Crippen LogP contribution is 2.23. The van der Waals surface area contributed by atoms with E-state index in [-0.39, 0.29) is 11.7 Å². The van der Waals surface area contributed by atoms with E-state index in [4.69, 9.17) is 0 Å². The minimum atomic E-state index is -0.230. The molecule has 2 rings (SSSR count). The predicted molar refractivity (Wildman–Crippen MR) is 109 cm³/mol. The number of hydrogen-bond donors (Lipinski definition) is 1. The van der Waals surface area contributed by atoms with Gasteiger partial charge in [0.2, 0.25) is 5.82 Å². The highest BCUT2D eigenvalue weighted by atomic mass is 16.2. The van der Waals surface area contributed by atoms with E-state index in [1.54, 1.807) is 4.68 Å². The van der Waals surface area contributed by atoms with Gasteiger partial charge in [0.15, 0.2) is 0 Å². The molecular weight excluding hydrogens is 338 g/mol. The van der Waals surface area contributed by atoms with Crippen LogP contribution in [0.3, 0.4) is 0 Å². The maximum atomic E-state index is 12.5. The van der Waals surface area contributed by atoms with Crippen LogP contribution in [0, 0.1) is 6.92 Å². The summed E-state index contributed by atoms with van der Waals surface area (Å²) in [5.41, 5.74) is 2.16. The van der Waals surface area contributed by atoms with E-state index in [1.807, 2.05) is 25.1 Å². The molecule has 2 aromatic rings. The molecular formula is C21H33N5O. The van der Waals surface area contributed by atoms with Crippen molar-refractivity contribution < 1.29 is 4.79 Å². The van der Waals surface area contributed by atoms with Gasteiger partial charge in [0.1, 0.15) is 5.82 Å². The molecule has 1 aromatic carbocycles. The Kier molecular flexibility index (Phi) is 7.13. The molecule has 0 atom stereocenters. The lowest BCUT2D eigenvalue weighted by molar-refractivity contribution is 0.0929. The van der Waals surface area contributed by atoms with Crippen LogP contribution in [0.1, 0.15) is 69.5 Å². The summed E-state index contributed by atoms with van der Waals surface area (Å²) in [6.45, 7) is 16.2. The summed E-state index contributed by atoms with van der Waals surface area (Å²) in [5, 5.41) is 7.42. The van der Waals surface area contributed by atoms with Crippen molar-refractivity contribution in [3.63, 3.8) is 0 Å². The molecule has 0 aliphatic heterocycles. The van der Waals surface area contributed by atoms with Crippen molar-refractivity contribution in [1.29, 1.82) is 0 Å². The lowest BCUT2D eigenvalue weighted by Crippen LogP contribution is -2.42. The van der Waals surface area contributed by atoms with E-state index in [9.17, 15) is 4.79 Å². The van der Waals surface area contributed by atoms with Crippen LogP contribution in [-0.4, -0.2) is 50.7 Å². The van der Waals surface area contributed by atoms with Gasteiger partial charge in [-0.3, -0.25) is 9.69 Å². The third kappa shape index (κ3) is 5.16. The van der Waals surface area contributed by atoms with Gasteiger partial charge in [-0.25, -0.2) is 9.67 Å². The van der Waals surface area contributed by atoms with Crippen LogP contribution in [0.2, 0.25) is 0 Å². The average molecular weight is 372 g/mol. The normalized spacial score (nSPS) is 11.8. The summed E-state index contributed by atoms with van der Waals surface area (Å²) in [5.74, 6) is 1.05. The van der Waals surface area contributed by atoms with Crippen LogP contribution >= 0.6 is 0 Å². The van der Waals surface area contributed by atoms with E-state index in [0.29, 0.717) is 30.4 Å². The molecule has 1 amide bonds. The van der Waals surface area contributed by atoms with Crippen molar-refractivity contribution in [2.75, 3.05) is 13.1 Å². The summed E-state index contributed by atoms with van der Waals surface area (Å²) in [6, 6.07) is 8.99. The Morgan fingerprint density at radius 2 is 1.74 bits per heavy atom. The highest BCUT2D eigenvalue weighted by Gasteiger charge is 2.18. The molecule has 0 fully saturated rings. The fourth-order valence-electron chi connectivity index (χ4n) is 3.37. The second-order valence-corrected chi connectivity index (χ2v) is 7.79. The van der Waals surface area contributed by atoms with Crippen LogP contribution in [0.5, 0.6) is 0 Å². The maximum absolute atomic E-state index is 12.5. The Hall–Kier alpha value is -2.21. The van der Waals surface area contributed by atoms with Gasteiger partial charge >= 0.3 is 0 Å². The Labute approximate surface area is 163 Å². The fraction of sp³-hybridized carbons (Fsp3) is 0.571. The number of carbonyl (C=O) groups excluding carboxylic acids is 1. The summed E-state index contributed by atoms with van der Waals surface area (Å²) < 4.78 is 1.76. The van der Waals surface area contributed by atoms with E-state index in [2.05, 4.69) is 67.9 Å². The van der Waals surface area contributed by atoms with Crippen molar-refractivity contribution in [3.8, 4) is 5.69 Å². The first-order chi connectivity index (χ1) is 12.7. The molecule has 6 heteroatoms. The van der Waals surface area contributed by atoms with Crippen molar-refractivity contribution in [3.05, 3.63) is 41.5 Å². The SMILES string of the molecule is Cc1nc(C(=O)NCCN(C(C)C)C(C)C)nn1-c1ccccc1C(C)C. The summed E-state index contributed by atoms with van der Waals surface area (Å²) in [6.07, 6.45) is 0. The van der Waals surface area contributed by atoms with E-state index < -0.39 is 0 Å². The third-order valence-corrected chi connectivity index (χ3v) is 4.74. The molecule has 27 heavy (non-hydrogen) atoms. The monoisotopic (exact) mass is 371 g/mol. The lowest BCUT2D eigenvalue weighted by Gasteiger charge is -2.30. The third-order valence-electron chi connectivity index (χ3n) is 4.74. The molecule has 0 saturated carbocycles. The number of para-hydroxylation sites is 1. The molecule has 0 saturated heterocycles. The minimum Gasteiger partial charge on any atom is -0.348 e. The molecule has 0 spiro atoms. The Balaban J connectivity index is 2.11. The highest BCUT2D eigenvalue weighted by molar-refractivity contribution is 5.90.